The lowest BCUT2D eigenvalue weighted by Crippen LogP contribution is -2.16. The van der Waals surface area contributed by atoms with Crippen molar-refractivity contribution in [2.75, 3.05) is 13.2 Å². The van der Waals surface area contributed by atoms with Crippen LogP contribution in [0.5, 0.6) is 11.5 Å². The highest BCUT2D eigenvalue weighted by Gasteiger charge is 2.11. The van der Waals surface area contributed by atoms with Crippen LogP contribution in [0.1, 0.15) is 11.1 Å². The Bertz CT molecular complexity index is 648. The molecule has 0 aliphatic carbocycles. The molecule has 0 radical (unpaired) electrons. The van der Waals surface area contributed by atoms with E-state index in [0.29, 0.717) is 30.8 Å². The van der Waals surface area contributed by atoms with Crippen molar-refractivity contribution in [3.05, 3.63) is 57.8 Å². The summed E-state index contributed by atoms with van der Waals surface area (Å²) in [6.45, 7) is 2.58. The molecule has 0 amide bonds. The summed E-state index contributed by atoms with van der Waals surface area (Å²) in [6, 6.07) is 11.0. The van der Waals surface area contributed by atoms with Gasteiger partial charge in [-0.25, -0.2) is 4.39 Å². The van der Waals surface area contributed by atoms with E-state index in [2.05, 4.69) is 21.2 Å². The van der Waals surface area contributed by atoms with Gasteiger partial charge < -0.3 is 14.8 Å². The number of fused-ring (bicyclic) bond motifs is 1. The van der Waals surface area contributed by atoms with Crippen LogP contribution < -0.4 is 14.8 Å². The number of ether oxygens (including phenoxy) is 2. The Morgan fingerprint density at radius 3 is 2.38 bits per heavy atom. The summed E-state index contributed by atoms with van der Waals surface area (Å²) >= 11 is 3.19. The van der Waals surface area contributed by atoms with Crippen molar-refractivity contribution < 1.29 is 13.9 Å². The van der Waals surface area contributed by atoms with E-state index in [1.807, 2.05) is 18.2 Å². The molecule has 21 heavy (non-hydrogen) atoms. The zero-order valence-electron chi connectivity index (χ0n) is 11.4. The fourth-order valence-electron chi connectivity index (χ4n) is 2.20. The van der Waals surface area contributed by atoms with Crippen LogP contribution in [-0.2, 0) is 13.1 Å². The van der Waals surface area contributed by atoms with Crippen LogP contribution in [0.4, 0.5) is 4.39 Å². The van der Waals surface area contributed by atoms with Crippen molar-refractivity contribution in [1.29, 1.82) is 0 Å². The first kappa shape index (κ1) is 14.4. The standard InChI is InChI=1S/C16H15BrFNO2/c17-13-7-11(1-3-14(13)18)9-19-10-12-2-4-15-16(8-12)21-6-5-20-15/h1-4,7-8,19H,5-6,9-10H2. The Kier molecular flexibility index (Phi) is 4.41. The van der Waals surface area contributed by atoms with E-state index < -0.39 is 0 Å². The van der Waals surface area contributed by atoms with E-state index in [1.54, 1.807) is 12.1 Å². The van der Waals surface area contributed by atoms with Gasteiger partial charge in [0.25, 0.3) is 0 Å². The number of hydrogen-bond donors (Lipinski definition) is 1. The molecule has 2 aromatic rings. The number of rotatable bonds is 4. The topological polar surface area (TPSA) is 30.5 Å². The van der Waals surface area contributed by atoms with Gasteiger partial charge in [0.1, 0.15) is 19.0 Å². The molecule has 5 heteroatoms. The summed E-state index contributed by atoms with van der Waals surface area (Å²) < 4.78 is 24.7. The minimum Gasteiger partial charge on any atom is -0.486 e. The number of benzene rings is 2. The predicted octanol–water partition coefficient (Wildman–Crippen LogP) is 3.65. The van der Waals surface area contributed by atoms with Crippen LogP contribution >= 0.6 is 15.9 Å². The normalized spacial score (nSPS) is 13.2. The highest BCUT2D eigenvalue weighted by molar-refractivity contribution is 9.10. The minimum atomic E-state index is -0.245. The zero-order chi connectivity index (χ0) is 14.7. The van der Waals surface area contributed by atoms with Crippen molar-refractivity contribution in [2.24, 2.45) is 0 Å². The molecular formula is C16H15BrFNO2. The molecule has 0 spiro atoms. The first-order valence-corrected chi connectivity index (χ1v) is 7.55. The van der Waals surface area contributed by atoms with Crippen molar-refractivity contribution in [2.45, 2.75) is 13.1 Å². The maximum absolute atomic E-state index is 13.2. The Balaban J connectivity index is 1.58. The Hall–Kier alpha value is -1.59. The molecule has 1 aliphatic heterocycles. The summed E-state index contributed by atoms with van der Waals surface area (Å²) in [5.41, 5.74) is 2.15. The van der Waals surface area contributed by atoms with Crippen LogP contribution in [0.2, 0.25) is 0 Å². The molecule has 1 N–H and O–H groups in total. The van der Waals surface area contributed by atoms with Crippen molar-refractivity contribution in [1.82, 2.24) is 5.32 Å². The van der Waals surface area contributed by atoms with Crippen LogP contribution in [0.3, 0.4) is 0 Å². The highest BCUT2D eigenvalue weighted by Crippen LogP contribution is 2.30. The largest absolute Gasteiger partial charge is 0.486 e. The Morgan fingerprint density at radius 1 is 0.952 bits per heavy atom. The first-order valence-electron chi connectivity index (χ1n) is 6.75. The van der Waals surface area contributed by atoms with Gasteiger partial charge in [-0.3, -0.25) is 0 Å². The molecule has 0 bridgehead atoms. The van der Waals surface area contributed by atoms with Crippen molar-refractivity contribution in [3.63, 3.8) is 0 Å². The van der Waals surface area contributed by atoms with Gasteiger partial charge in [0.05, 0.1) is 4.47 Å². The molecule has 0 saturated heterocycles. The van der Waals surface area contributed by atoms with Crippen molar-refractivity contribution in [3.8, 4) is 11.5 Å². The lowest BCUT2D eigenvalue weighted by molar-refractivity contribution is 0.171. The van der Waals surface area contributed by atoms with Crippen LogP contribution in [0.15, 0.2) is 40.9 Å². The van der Waals surface area contributed by atoms with Crippen LogP contribution in [-0.4, -0.2) is 13.2 Å². The van der Waals surface area contributed by atoms with Crippen LogP contribution in [0, 0.1) is 5.82 Å². The Morgan fingerprint density at radius 2 is 1.62 bits per heavy atom. The lowest BCUT2D eigenvalue weighted by atomic mass is 10.1. The highest BCUT2D eigenvalue weighted by atomic mass is 79.9. The number of halogens is 2. The van der Waals surface area contributed by atoms with Crippen molar-refractivity contribution >= 4 is 15.9 Å². The van der Waals surface area contributed by atoms with E-state index in [-0.39, 0.29) is 5.82 Å². The summed E-state index contributed by atoms with van der Waals surface area (Å²) in [6.07, 6.45) is 0. The SMILES string of the molecule is Fc1ccc(CNCc2ccc3c(c2)OCCO3)cc1Br. The molecule has 0 unspecified atom stereocenters. The molecule has 1 heterocycles. The molecule has 3 nitrogen and oxygen atoms in total. The van der Waals surface area contributed by atoms with Gasteiger partial charge in [-0.2, -0.15) is 0 Å². The minimum absolute atomic E-state index is 0.245. The molecule has 0 fully saturated rings. The predicted molar refractivity (Wildman–Crippen MR) is 82.1 cm³/mol. The monoisotopic (exact) mass is 351 g/mol. The maximum atomic E-state index is 13.2. The molecule has 3 rings (SSSR count). The zero-order valence-corrected chi connectivity index (χ0v) is 13.0. The molecule has 0 aromatic heterocycles. The molecule has 2 aromatic carbocycles. The van der Waals surface area contributed by atoms with Gasteiger partial charge in [-0.1, -0.05) is 12.1 Å². The maximum Gasteiger partial charge on any atom is 0.161 e. The molecule has 1 aliphatic rings. The van der Waals surface area contributed by atoms with Crippen LogP contribution in [0.25, 0.3) is 0 Å². The van der Waals surface area contributed by atoms with Gasteiger partial charge in [0, 0.05) is 13.1 Å². The molecule has 110 valence electrons. The second-order valence-electron chi connectivity index (χ2n) is 4.83. The summed E-state index contributed by atoms with van der Waals surface area (Å²) in [5, 5.41) is 3.33. The average molecular weight is 352 g/mol. The fourth-order valence-corrected chi connectivity index (χ4v) is 2.62. The summed E-state index contributed by atoms with van der Waals surface area (Å²) in [5.74, 6) is 1.35. The summed E-state index contributed by atoms with van der Waals surface area (Å²) in [4.78, 5) is 0. The third-order valence-corrected chi connectivity index (χ3v) is 3.86. The first-order chi connectivity index (χ1) is 10.2. The average Bonchev–Trinajstić information content (AvgIpc) is 2.51. The van der Waals surface area contributed by atoms with E-state index in [9.17, 15) is 4.39 Å². The second-order valence-corrected chi connectivity index (χ2v) is 5.68. The van der Waals surface area contributed by atoms with E-state index in [1.165, 1.54) is 6.07 Å². The second kappa shape index (κ2) is 6.45. The third-order valence-electron chi connectivity index (χ3n) is 3.25. The third kappa shape index (κ3) is 3.54. The molecular weight excluding hydrogens is 337 g/mol. The Labute approximate surface area is 131 Å². The molecule has 0 saturated carbocycles. The van der Waals surface area contributed by atoms with E-state index in [0.717, 1.165) is 22.6 Å². The van der Waals surface area contributed by atoms with Gasteiger partial charge >= 0.3 is 0 Å². The lowest BCUT2D eigenvalue weighted by Gasteiger charge is -2.19. The van der Waals surface area contributed by atoms with Gasteiger partial charge in [-0.05, 0) is 51.3 Å². The fraction of sp³-hybridized carbons (Fsp3) is 0.250. The number of nitrogens with one attached hydrogen (secondary N) is 1. The molecule has 0 atom stereocenters. The quantitative estimate of drug-likeness (QED) is 0.911. The number of hydrogen-bond acceptors (Lipinski definition) is 3. The smallest absolute Gasteiger partial charge is 0.161 e. The summed E-state index contributed by atoms with van der Waals surface area (Å²) in [7, 11) is 0. The van der Waals surface area contributed by atoms with E-state index in [4.69, 9.17) is 9.47 Å². The van der Waals surface area contributed by atoms with E-state index >= 15 is 0 Å². The van der Waals surface area contributed by atoms with Gasteiger partial charge in [-0.15, -0.1) is 0 Å². The van der Waals surface area contributed by atoms with Gasteiger partial charge in [0.15, 0.2) is 11.5 Å². The van der Waals surface area contributed by atoms with Gasteiger partial charge in [0.2, 0.25) is 0 Å².